The number of aryl methyl sites for hydroxylation is 1. The summed E-state index contributed by atoms with van der Waals surface area (Å²) in [5, 5.41) is 0. The number of hydrogen-bond donors (Lipinski definition) is 0. The monoisotopic (exact) mass is 304 g/mol. The van der Waals surface area contributed by atoms with Crippen LogP contribution in [0.4, 0.5) is 0 Å². The minimum Gasteiger partial charge on any atom is -0.360 e. The van der Waals surface area contributed by atoms with Gasteiger partial charge in [0.25, 0.3) is 10.1 Å². The quantitative estimate of drug-likeness (QED) is 0.802. The Morgan fingerprint density at radius 2 is 1.95 bits per heavy atom. The fraction of sp³-hybridized carbons (Fsp3) is 0.250. The highest BCUT2D eigenvalue weighted by Gasteiger charge is 2.26. The molecule has 0 aromatic heterocycles. The lowest BCUT2D eigenvalue weighted by Gasteiger charge is -2.14. The van der Waals surface area contributed by atoms with Crippen molar-refractivity contribution in [1.82, 2.24) is 0 Å². The van der Waals surface area contributed by atoms with E-state index in [1.54, 1.807) is 24.3 Å². The Balaban J connectivity index is 1.65. The number of fused-ring (bicyclic) bond motifs is 1. The third-order valence-corrected chi connectivity index (χ3v) is 4.71. The van der Waals surface area contributed by atoms with E-state index < -0.39 is 10.1 Å². The van der Waals surface area contributed by atoms with Crippen molar-refractivity contribution in [1.29, 1.82) is 0 Å². The second-order valence-electron chi connectivity index (χ2n) is 5.06. The zero-order chi connectivity index (χ0) is 14.9. The van der Waals surface area contributed by atoms with Crippen molar-refractivity contribution in [2.45, 2.75) is 24.0 Å². The summed E-state index contributed by atoms with van der Waals surface area (Å²) in [7, 11) is -3.74. The van der Waals surface area contributed by atoms with Crippen LogP contribution in [0.2, 0.25) is 0 Å². The molecule has 1 aliphatic carbocycles. The average Bonchev–Trinajstić information content (AvgIpc) is 2.89. The van der Waals surface area contributed by atoms with Gasteiger partial charge in [-0.3, -0.25) is 4.18 Å². The maximum atomic E-state index is 12.1. The van der Waals surface area contributed by atoms with Gasteiger partial charge in [-0.05, 0) is 30.7 Å². The Morgan fingerprint density at radius 3 is 2.67 bits per heavy atom. The molecule has 1 heterocycles. The van der Waals surface area contributed by atoms with Crippen LogP contribution in [0.5, 0.6) is 0 Å². The number of benzene rings is 1. The number of rotatable bonds is 4. The van der Waals surface area contributed by atoms with Crippen LogP contribution in [0.15, 0.2) is 65.1 Å². The lowest BCUT2D eigenvalue weighted by atomic mass is 10.1. The van der Waals surface area contributed by atoms with Crippen molar-refractivity contribution >= 4 is 10.1 Å². The summed E-state index contributed by atoms with van der Waals surface area (Å²) < 4.78 is 35.0. The molecule has 1 aromatic rings. The predicted molar refractivity (Wildman–Crippen MR) is 79.3 cm³/mol. The molecule has 0 bridgehead atoms. The molecule has 21 heavy (non-hydrogen) atoms. The number of allylic oxidation sites excluding steroid dienone is 2. The SMILES string of the molecule is Cc1ccc(S(=O)(=O)OCC2C=C3C=CC=CC3O2)cc1. The highest BCUT2D eigenvalue weighted by molar-refractivity contribution is 7.86. The van der Waals surface area contributed by atoms with Gasteiger partial charge < -0.3 is 4.74 Å². The van der Waals surface area contributed by atoms with Gasteiger partial charge in [-0.2, -0.15) is 8.42 Å². The summed E-state index contributed by atoms with van der Waals surface area (Å²) in [6.45, 7) is 1.89. The minimum atomic E-state index is -3.74. The van der Waals surface area contributed by atoms with Gasteiger partial charge in [0.15, 0.2) is 0 Å². The molecule has 0 fully saturated rings. The third kappa shape index (κ3) is 3.15. The Hall–Kier alpha value is -1.69. The number of hydrogen-bond acceptors (Lipinski definition) is 4. The highest BCUT2D eigenvalue weighted by atomic mass is 32.2. The van der Waals surface area contributed by atoms with E-state index >= 15 is 0 Å². The van der Waals surface area contributed by atoms with E-state index in [1.807, 2.05) is 37.3 Å². The third-order valence-electron chi connectivity index (χ3n) is 3.41. The molecule has 0 radical (unpaired) electrons. The second kappa shape index (κ2) is 5.60. The predicted octanol–water partition coefficient (Wildman–Crippen LogP) is 2.52. The van der Waals surface area contributed by atoms with E-state index in [-0.39, 0.29) is 23.7 Å². The van der Waals surface area contributed by atoms with Gasteiger partial charge >= 0.3 is 0 Å². The zero-order valence-corrected chi connectivity index (χ0v) is 12.4. The fourth-order valence-corrected chi connectivity index (χ4v) is 3.19. The molecule has 1 aliphatic heterocycles. The van der Waals surface area contributed by atoms with Crippen molar-refractivity contribution in [3.8, 4) is 0 Å². The smallest absolute Gasteiger partial charge is 0.297 e. The lowest BCUT2D eigenvalue weighted by Crippen LogP contribution is -2.20. The van der Waals surface area contributed by atoms with Crippen LogP contribution >= 0.6 is 0 Å². The van der Waals surface area contributed by atoms with Crippen LogP contribution in [0.3, 0.4) is 0 Å². The van der Waals surface area contributed by atoms with Crippen LogP contribution in [-0.4, -0.2) is 27.2 Å². The molecule has 4 nitrogen and oxygen atoms in total. The van der Waals surface area contributed by atoms with Crippen LogP contribution < -0.4 is 0 Å². The van der Waals surface area contributed by atoms with E-state index in [4.69, 9.17) is 8.92 Å². The minimum absolute atomic E-state index is 0.0160. The number of ether oxygens (including phenoxy) is 1. The first-order valence-electron chi connectivity index (χ1n) is 6.73. The zero-order valence-electron chi connectivity index (χ0n) is 11.6. The van der Waals surface area contributed by atoms with Gasteiger partial charge in [-0.25, -0.2) is 0 Å². The summed E-state index contributed by atoms with van der Waals surface area (Å²) in [5.74, 6) is 0. The van der Waals surface area contributed by atoms with E-state index in [0.29, 0.717) is 0 Å². The maximum Gasteiger partial charge on any atom is 0.297 e. The molecular formula is C16H16O4S. The first-order chi connectivity index (χ1) is 10.0. The molecule has 3 rings (SSSR count). The molecule has 0 N–H and O–H groups in total. The fourth-order valence-electron chi connectivity index (χ4n) is 2.27. The molecule has 2 aliphatic rings. The largest absolute Gasteiger partial charge is 0.360 e. The van der Waals surface area contributed by atoms with Crippen LogP contribution in [0.25, 0.3) is 0 Å². The molecule has 110 valence electrons. The van der Waals surface area contributed by atoms with Gasteiger partial charge in [-0.15, -0.1) is 0 Å². The first kappa shape index (κ1) is 14.3. The lowest BCUT2D eigenvalue weighted by molar-refractivity contribution is 0.0524. The highest BCUT2D eigenvalue weighted by Crippen LogP contribution is 2.25. The molecule has 0 saturated carbocycles. The van der Waals surface area contributed by atoms with Gasteiger partial charge in [0.1, 0.15) is 12.2 Å². The van der Waals surface area contributed by atoms with Gasteiger partial charge in [0.2, 0.25) is 0 Å². The van der Waals surface area contributed by atoms with Crippen molar-refractivity contribution in [3.05, 3.63) is 65.8 Å². The van der Waals surface area contributed by atoms with Crippen LogP contribution in [0, 0.1) is 6.92 Å². The molecule has 0 spiro atoms. The topological polar surface area (TPSA) is 52.6 Å². The van der Waals surface area contributed by atoms with Gasteiger partial charge in [0, 0.05) is 0 Å². The van der Waals surface area contributed by atoms with E-state index in [1.165, 1.54) is 0 Å². The summed E-state index contributed by atoms with van der Waals surface area (Å²) in [4.78, 5) is 0.163. The van der Waals surface area contributed by atoms with Crippen molar-refractivity contribution in [2.24, 2.45) is 0 Å². The second-order valence-corrected chi connectivity index (χ2v) is 6.67. The molecular weight excluding hydrogens is 288 g/mol. The van der Waals surface area contributed by atoms with E-state index in [9.17, 15) is 8.42 Å². The molecule has 0 saturated heterocycles. The Labute approximate surface area is 124 Å². The van der Waals surface area contributed by atoms with Crippen molar-refractivity contribution in [3.63, 3.8) is 0 Å². The summed E-state index contributed by atoms with van der Waals surface area (Å²) in [6.07, 6.45) is 9.18. The Bertz CT molecular complexity index is 711. The normalized spacial score (nSPS) is 24.0. The van der Waals surface area contributed by atoms with Gasteiger partial charge in [0.05, 0.1) is 11.5 Å². The standard InChI is InChI=1S/C16H16O4S/c1-12-6-8-15(9-7-12)21(17,18)19-11-14-10-13-4-2-3-5-16(13)20-14/h2-10,14,16H,11H2,1H3. The van der Waals surface area contributed by atoms with Gasteiger partial charge in [-0.1, -0.05) is 42.0 Å². The van der Waals surface area contributed by atoms with Crippen LogP contribution in [-0.2, 0) is 19.0 Å². The molecule has 5 heteroatoms. The average molecular weight is 304 g/mol. The summed E-state index contributed by atoms with van der Waals surface area (Å²) in [5.41, 5.74) is 2.04. The Morgan fingerprint density at radius 1 is 1.19 bits per heavy atom. The van der Waals surface area contributed by atoms with E-state index in [0.717, 1.165) is 11.1 Å². The molecule has 2 atom stereocenters. The van der Waals surface area contributed by atoms with Crippen molar-refractivity contribution < 1.29 is 17.3 Å². The van der Waals surface area contributed by atoms with Crippen molar-refractivity contribution in [2.75, 3.05) is 6.61 Å². The molecule has 2 unspecified atom stereocenters. The maximum absolute atomic E-state index is 12.1. The van der Waals surface area contributed by atoms with Crippen LogP contribution in [0.1, 0.15) is 5.56 Å². The molecule has 0 amide bonds. The summed E-state index contributed by atoms with van der Waals surface area (Å²) >= 11 is 0. The summed E-state index contributed by atoms with van der Waals surface area (Å²) in [6, 6.07) is 6.58. The Kier molecular flexibility index (Phi) is 3.80. The molecule has 1 aromatic carbocycles. The first-order valence-corrected chi connectivity index (χ1v) is 8.13. The van der Waals surface area contributed by atoms with E-state index in [2.05, 4.69) is 0 Å².